The van der Waals surface area contributed by atoms with Gasteiger partial charge in [-0.25, -0.2) is 4.79 Å². The van der Waals surface area contributed by atoms with Crippen molar-refractivity contribution in [1.29, 1.82) is 0 Å². The van der Waals surface area contributed by atoms with Gasteiger partial charge in [0.25, 0.3) is 0 Å². The van der Waals surface area contributed by atoms with Crippen LogP contribution in [-0.2, 0) is 14.3 Å². The number of nitrogens with one attached hydrogen (secondary N) is 2. The molecule has 0 aliphatic heterocycles. The fourth-order valence-electron chi connectivity index (χ4n) is 2.73. The molecule has 3 rings (SSSR count). The molecule has 1 aromatic heterocycles. The summed E-state index contributed by atoms with van der Waals surface area (Å²) < 4.78 is 5.13. The van der Waals surface area contributed by atoms with Gasteiger partial charge in [-0.15, -0.1) is 0 Å². The first kappa shape index (κ1) is 25.5. The van der Waals surface area contributed by atoms with Gasteiger partial charge < -0.3 is 20.5 Å². The fraction of sp³-hybridized carbons (Fsp3) is 0.0909. The molecule has 10 heteroatoms. The topological polar surface area (TPSA) is 118 Å². The summed E-state index contributed by atoms with van der Waals surface area (Å²) >= 11 is 5.78. The van der Waals surface area contributed by atoms with E-state index < -0.39 is 24.4 Å². The minimum absolute atomic E-state index is 0. The van der Waals surface area contributed by atoms with Crippen LogP contribution in [-0.4, -0.2) is 70.6 Å². The standard InChI is InChI=1S/C22H18ClN3O5.Na.H/c23-16-6-7-19(18(10-16)22(29)30)26-21(28)13-31-12-20(27)25-17-5-1-3-14(9-17)15-4-2-8-24-11-15;;/h1-11H,12-13H2,(H,25,27)(H,26,28)(H,29,30);;. The minimum atomic E-state index is -1.23. The van der Waals surface area contributed by atoms with E-state index in [1.165, 1.54) is 18.2 Å². The maximum absolute atomic E-state index is 12.1. The average Bonchev–Trinajstić information content (AvgIpc) is 2.75. The maximum atomic E-state index is 12.1. The van der Waals surface area contributed by atoms with Crippen molar-refractivity contribution in [1.82, 2.24) is 4.98 Å². The summed E-state index contributed by atoms with van der Waals surface area (Å²) in [5.41, 5.74) is 2.32. The third kappa shape index (κ3) is 7.44. The molecule has 0 aliphatic rings. The molecule has 32 heavy (non-hydrogen) atoms. The zero-order valence-electron chi connectivity index (χ0n) is 16.2. The number of nitrogens with zero attached hydrogens (tertiary/aromatic N) is 1. The average molecular weight is 464 g/mol. The number of amides is 2. The van der Waals surface area contributed by atoms with Gasteiger partial charge in [-0.05, 0) is 42.0 Å². The molecule has 0 bridgehead atoms. The summed E-state index contributed by atoms with van der Waals surface area (Å²) in [6, 6.07) is 15.0. The molecular formula is C22H19ClN3NaO5. The number of carbonyl (C=O) groups is 3. The van der Waals surface area contributed by atoms with E-state index in [1.54, 1.807) is 30.6 Å². The van der Waals surface area contributed by atoms with Gasteiger partial charge in [-0.1, -0.05) is 29.8 Å². The van der Waals surface area contributed by atoms with Gasteiger partial charge in [-0.2, -0.15) is 0 Å². The first-order valence-electron chi connectivity index (χ1n) is 9.13. The van der Waals surface area contributed by atoms with Crippen LogP contribution in [0.25, 0.3) is 11.1 Å². The molecule has 8 nitrogen and oxygen atoms in total. The normalized spacial score (nSPS) is 10.0. The number of pyridine rings is 1. The first-order valence-corrected chi connectivity index (χ1v) is 9.51. The summed E-state index contributed by atoms with van der Waals surface area (Å²) in [6.45, 7) is -0.776. The van der Waals surface area contributed by atoms with E-state index in [9.17, 15) is 19.5 Å². The van der Waals surface area contributed by atoms with E-state index in [0.29, 0.717) is 5.69 Å². The number of aromatic nitrogens is 1. The van der Waals surface area contributed by atoms with E-state index in [1.807, 2.05) is 18.2 Å². The Morgan fingerprint density at radius 3 is 2.34 bits per heavy atom. The molecule has 0 saturated heterocycles. The molecule has 2 amide bonds. The Kier molecular flexibility index (Phi) is 9.83. The summed E-state index contributed by atoms with van der Waals surface area (Å²) in [7, 11) is 0. The Labute approximate surface area is 211 Å². The Morgan fingerprint density at radius 1 is 0.938 bits per heavy atom. The van der Waals surface area contributed by atoms with Gasteiger partial charge >= 0.3 is 35.5 Å². The fourth-order valence-corrected chi connectivity index (χ4v) is 2.90. The molecule has 0 fully saturated rings. The van der Waals surface area contributed by atoms with Gasteiger partial charge in [0.15, 0.2) is 0 Å². The first-order chi connectivity index (χ1) is 14.9. The second-order valence-electron chi connectivity index (χ2n) is 6.41. The van der Waals surface area contributed by atoms with Crippen molar-refractivity contribution in [3.63, 3.8) is 0 Å². The monoisotopic (exact) mass is 463 g/mol. The van der Waals surface area contributed by atoms with Crippen LogP contribution in [0.2, 0.25) is 5.02 Å². The third-order valence-electron chi connectivity index (χ3n) is 4.09. The number of anilines is 2. The molecule has 1 heterocycles. The predicted octanol–water partition coefficient (Wildman–Crippen LogP) is 3.05. The number of carboxylic acids is 1. The SMILES string of the molecule is O=C(COCC(=O)Nc1ccc(Cl)cc1C(=O)O)Nc1cccc(-c2cccnc2)c1.[NaH]. The molecule has 0 atom stereocenters. The molecule has 3 aromatic rings. The summed E-state index contributed by atoms with van der Waals surface area (Å²) in [4.78, 5) is 39.4. The molecule has 0 aliphatic carbocycles. The Bertz CT molecular complexity index is 1110. The van der Waals surface area contributed by atoms with E-state index in [0.717, 1.165) is 11.1 Å². The molecule has 0 spiro atoms. The van der Waals surface area contributed by atoms with Gasteiger partial charge in [0.2, 0.25) is 11.8 Å². The molecule has 160 valence electrons. The number of halogens is 1. The molecular weight excluding hydrogens is 445 g/mol. The van der Waals surface area contributed by atoms with Gasteiger partial charge in [-0.3, -0.25) is 14.6 Å². The van der Waals surface area contributed by atoms with Crippen molar-refractivity contribution >= 4 is 70.3 Å². The Morgan fingerprint density at radius 2 is 1.66 bits per heavy atom. The number of rotatable bonds is 8. The van der Waals surface area contributed by atoms with Crippen LogP contribution in [0.1, 0.15) is 10.4 Å². The van der Waals surface area contributed by atoms with Crippen LogP contribution in [0.3, 0.4) is 0 Å². The van der Waals surface area contributed by atoms with Crippen molar-refractivity contribution in [2.24, 2.45) is 0 Å². The molecule has 0 saturated carbocycles. The summed E-state index contributed by atoms with van der Waals surface area (Å²) in [6.07, 6.45) is 3.40. The van der Waals surface area contributed by atoms with E-state index >= 15 is 0 Å². The third-order valence-corrected chi connectivity index (χ3v) is 4.33. The van der Waals surface area contributed by atoms with Gasteiger partial charge in [0.1, 0.15) is 13.2 Å². The Hall–Kier alpha value is -2.75. The predicted molar refractivity (Wildman–Crippen MR) is 123 cm³/mol. The van der Waals surface area contributed by atoms with Crippen LogP contribution >= 0.6 is 11.6 Å². The molecule has 2 aromatic carbocycles. The van der Waals surface area contributed by atoms with Crippen molar-refractivity contribution in [2.75, 3.05) is 23.8 Å². The molecule has 3 N–H and O–H groups in total. The summed E-state index contributed by atoms with van der Waals surface area (Å²) in [5.74, 6) is -2.27. The number of hydrogen-bond acceptors (Lipinski definition) is 5. The van der Waals surface area contributed by atoms with Gasteiger partial charge in [0.05, 0.1) is 11.3 Å². The molecule has 0 radical (unpaired) electrons. The van der Waals surface area contributed by atoms with Crippen LogP contribution in [0, 0.1) is 0 Å². The van der Waals surface area contributed by atoms with Crippen LogP contribution < -0.4 is 10.6 Å². The number of carboxylic acid groups (broad SMARTS) is 1. The second-order valence-corrected chi connectivity index (χ2v) is 6.84. The van der Waals surface area contributed by atoms with Crippen LogP contribution in [0.5, 0.6) is 0 Å². The van der Waals surface area contributed by atoms with E-state index in [2.05, 4.69) is 15.6 Å². The number of hydrogen-bond donors (Lipinski definition) is 3. The molecule has 0 unspecified atom stereocenters. The second kappa shape index (κ2) is 12.3. The zero-order valence-corrected chi connectivity index (χ0v) is 16.9. The van der Waals surface area contributed by atoms with Crippen LogP contribution in [0.15, 0.2) is 67.0 Å². The number of aromatic carboxylic acids is 1. The van der Waals surface area contributed by atoms with Crippen molar-refractivity contribution < 1.29 is 24.2 Å². The number of ether oxygens (including phenoxy) is 1. The summed E-state index contributed by atoms with van der Waals surface area (Å²) in [5, 5.41) is 14.5. The van der Waals surface area contributed by atoms with Crippen LogP contribution in [0.4, 0.5) is 11.4 Å². The van der Waals surface area contributed by atoms with Crippen molar-refractivity contribution in [2.45, 2.75) is 0 Å². The van der Waals surface area contributed by atoms with Crippen molar-refractivity contribution in [3.8, 4) is 11.1 Å². The van der Waals surface area contributed by atoms with E-state index in [4.69, 9.17) is 16.3 Å². The van der Waals surface area contributed by atoms with E-state index in [-0.39, 0.29) is 52.4 Å². The number of benzene rings is 2. The Balaban J connectivity index is 0.00000363. The number of carbonyl (C=O) groups excluding carboxylic acids is 2. The zero-order chi connectivity index (χ0) is 22.2. The van der Waals surface area contributed by atoms with Gasteiger partial charge in [0, 0.05) is 28.7 Å². The van der Waals surface area contributed by atoms with Crippen molar-refractivity contribution in [3.05, 3.63) is 77.6 Å². The quantitative estimate of drug-likeness (QED) is 0.442.